The minimum absolute atomic E-state index is 0.456. The van der Waals surface area contributed by atoms with Gasteiger partial charge in [0.05, 0.1) is 17.5 Å². The highest BCUT2D eigenvalue weighted by molar-refractivity contribution is 5.65. The van der Waals surface area contributed by atoms with Gasteiger partial charge in [-0.1, -0.05) is 0 Å². The van der Waals surface area contributed by atoms with E-state index in [1.807, 2.05) is 44.0 Å². The van der Waals surface area contributed by atoms with Crippen LogP contribution in [0.4, 0.5) is 0 Å². The summed E-state index contributed by atoms with van der Waals surface area (Å²) in [6.07, 6.45) is 9.29. The topological polar surface area (TPSA) is 74.6 Å². The first-order chi connectivity index (χ1) is 10.2. The molecule has 0 atom stereocenters. The van der Waals surface area contributed by atoms with E-state index in [4.69, 9.17) is 4.42 Å². The van der Waals surface area contributed by atoms with Crippen molar-refractivity contribution in [2.45, 2.75) is 20.4 Å². The minimum Gasteiger partial charge on any atom is -0.417 e. The summed E-state index contributed by atoms with van der Waals surface area (Å²) in [6.45, 7) is 4.80. The number of rotatable bonds is 4. The van der Waals surface area contributed by atoms with Crippen molar-refractivity contribution in [1.29, 1.82) is 0 Å². The molecule has 3 rings (SSSR count). The van der Waals surface area contributed by atoms with E-state index in [0.29, 0.717) is 11.8 Å². The summed E-state index contributed by atoms with van der Waals surface area (Å²) >= 11 is 0. The maximum absolute atomic E-state index is 5.63. The molecule has 0 aromatic carbocycles. The first-order valence-corrected chi connectivity index (χ1v) is 6.70. The molecule has 0 aliphatic carbocycles. The molecular formula is C14H16N6O. The van der Waals surface area contributed by atoms with Crippen LogP contribution in [0.15, 0.2) is 23.0 Å². The molecule has 108 valence electrons. The Morgan fingerprint density at radius 3 is 2.76 bits per heavy atom. The molecule has 3 aromatic rings. The van der Waals surface area contributed by atoms with Crippen molar-refractivity contribution < 1.29 is 4.42 Å². The van der Waals surface area contributed by atoms with Crippen molar-refractivity contribution in [3.8, 4) is 11.5 Å². The van der Waals surface area contributed by atoms with E-state index in [1.54, 1.807) is 17.0 Å². The molecule has 0 saturated carbocycles. The molecule has 0 amide bonds. The molecule has 7 heteroatoms. The van der Waals surface area contributed by atoms with Crippen molar-refractivity contribution in [3.63, 3.8) is 0 Å². The fourth-order valence-corrected chi connectivity index (χ4v) is 2.03. The molecule has 0 bridgehead atoms. The third kappa shape index (κ3) is 2.76. The van der Waals surface area contributed by atoms with E-state index in [2.05, 4.69) is 20.4 Å². The van der Waals surface area contributed by atoms with Crippen LogP contribution in [0.1, 0.15) is 24.1 Å². The largest absolute Gasteiger partial charge is 0.417 e. The third-order valence-electron chi connectivity index (χ3n) is 3.08. The Hall–Kier alpha value is -2.70. The van der Waals surface area contributed by atoms with Crippen LogP contribution in [0, 0.1) is 6.92 Å². The Morgan fingerprint density at radius 1 is 1.24 bits per heavy atom. The smallest absolute Gasteiger partial charge is 0.251 e. The van der Waals surface area contributed by atoms with Gasteiger partial charge in [-0.2, -0.15) is 10.2 Å². The van der Waals surface area contributed by atoms with Gasteiger partial charge in [-0.25, -0.2) is 0 Å². The standard InChI is InChI=1S/C14H16N6O/c1-4-20-8-11(7-15-20)5-6-13-16-17-14(21-13)12-9-19(3)18-10(12)2/h5-9H,4H2,1-3H3/b6-5+. The lowest BCUT2D eigenvalue weighted by atomic mass is 10.3. The van der Waals surface area contributed by atoms with E-state index in [1.165, 1.54) is 0 Å². The van der Waals surface area contributed by atoms with Gasteiger partial charge >= 0.3 is 0 Å². The normalized spacial score (nSPS) is 11.6. The lowest BCUT2D eigenvalue weighted by molar-refractivity contribution is 0.557. The van der Waals surface area contributed by atoms with Crippen LogP contribution in [0.2, 0.25) is 0 Å². The molecule has 7 nitrogen and oxygen atoms in total. The van der Waals surface area contributed by atoms with Crippen molar-refractivity contribution in [2.75, 3.05) is 0 Å². The highest BCUT2D eigenvalue weighted by Gasteiger charge is 2.12. The maximum Gasteiger partial charge on any atom is 0.251 e. The van der Waals surface area contributed by atoms with E-state index < -0.39 is 0 Å². The molecule has 21 heavy (non-hydrogen) atoms. The van der Waals surface area contributed by atoms with Gasteiger partial charge in [0.1, 0.15) is 0 Å². The molecule has 0 spiro atoms. The SMILES string of the molecule is CCn1cc(/C=C/c2nnc(-c3cn(C)nc3C)o2)cn1. The van der Waals surface area contributed by atoms with E-state index in [0.717, 1.165) is 23.4 Å². The van der Waals surface area contributed by atoms with E-state index in [-0.39, 0.29) is 0 Å². The molecule has 0 radical (unpaired) electrons. The Kier molecular flexibility index (Phi) is 3.39. The van der Waals surface area contributed by atoms with Crippen LogP contribution in [0.25, 0.3) is 23.6 Å². The van der Waals surface area contributed by atoms with E-state index in [9.17, 15) is 0 Å². The number of hydrogen-bond donors (Lipinski definition) is 0. The van der Waals surface area contributed by atoms with Gasteiger partial charge in [-0.05, 0) is 19.9 Å². The number of aromatic nitrogens is 6. The van der Waals surface area contributed by atoms with Gasteiger partial charge in [0.25, 0.3) is 5.89 Å². The van der Waals surface area contributed by atoms with Gasteiger partial charge in [-0.3, -0.25) is 9.36 Å². The summed E-state index contributed by atoms with van der Waals surface area (Å²) in [5, 5.41) is 16.5. The summed E-state index contributed by atoms with van der Waals surface area (Å²) in [6, 6.07) is 0. The summed E-state index contributed by atoms with van der Waals surface area (Å²) in [7, 11) is 1.86. The molecule has 0 N–H and O–H groups in total. The average molecular weight is 284 g/mol. The molecule has 3 heterocycles. The molecule has 0 unspecified atom stereocenters. The van der Waals surface area contributed by atoms with Gasteiger partial charge in [-0.15, -0.1) is 10.2 Å². The van der Waals surface area contributed by atoms with Gasteiger partial charge in [0.2, 0.25) is 5.89 Å². The number of aryl methyl sites for hydroxylation is 3. The van der Waals surface area contributed by atoms with Gasteiger partial charge in [0.15, 0.2) is 0 Å². The zero-order valence-corrected chi connectivity index (χ0v) is 12.2. The van der Waals surface area contributed by atoms with Crippen LogP contribution < -0.4 is 0 Å². The Bertz CT molecular complexity index is 779. The molecule has 0 aliphatic heterocycles. The van der Waals surface area contributed by atoms with Crippen molar-refractivity contribution >= 4 is 12.2 Å². The Morgan fingerprint density at radius 2 is 2.10 bits per heavy atom. The van der Waals surface area contributed by atoms with Crippen LogP contribution in [0.3, 0.4) is 0 Å². The zero-order valence-electron chi connectivity index (χ0n) is 12.2. The fourth-order valence-electron chi connectivity index (χ4n) is 2.03. The molecule has 3 aromatic heterocycles. The zero-order chi connectivity index (χ0) is 14.8. The van der Waals surface area contributed by atoms with Gasteiger partial charge < -0.3 is 4.42 Å². The van der Waals surface area contributed by atoms with Crippen molar-refractivity contribution in [1.82, 2.24) is 29.8 Å². The third-order valence-corrected chi connectivity index (χ3v) is 3.08. The lowest BCUT2D eigenvalue weighted by Gasteiger charge is -1.89. The second kappa shape index (κ2) is 5.35. The fraction of sp³-hybridized carbons (Fsp3) is 0.286. The minimum atomic E-state index is 0.456. The molecule has 0 saturated heterocycles. The summed E-state index contributed by atoms with van der Waals surface area (Å²) in [5.74, 6) is 0.932. The summed E-state index contributed by atoms with van der Waals surface area (Å²) in [4.78, 5) is 0. The van der Waals surface area contributed by atoms with Crippen LogP contribution in [0.5, 0.6) is 0 Å². The highest BCUT2D eigenvalue weighted by Crippen LogP contribution is 2.21. The summed E-state index contributed by atoms with van der Waals surface area (Å²) < 4.78 is 9.21. The summed E-state index contributed by atoms with van der Waals surface area (Å²) in [5.41, 5.74) is 2.71. The first kappa shape index (κ1) is 13.3. The quantitative estimate of drug-likeness (QED) is 0.734. The first-order valence-electron chi connectivity index (χ1n) is 6.70. The second-order valence-corrected chi connectivity index (χ2v) is 4.71. The van der Waals surface area contributed by atoms with Gasteiger partial charge in [0, 0.05) is 37.6 Å². The van der Waals surface area contributed by atoms with Crippen molar-refractivity contribution in [2.24, 2.45) is 7.05 Å². The van der Waals surface area contributed by atoms with E-state index >= 15 is 0 Å². The Balaban J connectivity index is 1.80. The van der Waals surface area contributed by atoms with Crippen LogP contribution in [-0.2, 0) is 13.6 Å². The maximum atomic E-state index is 5.63. The lowest BCUT2D eigenvalue weighted by Crippen LogP contribution is -1.91. The highest BCUT2D eigenvalue weighted by atomic mass is 16.4. The average Bonchev–Trinajstić information content (AvgIpc) is 3.16. The molecular weight excluding hydrogens is 268 g/mol. The second-order valence-electron chi connectivity index (χ2n) is 4.71. The van der Waals surface area contributed by atoms with Crippen molar-refractivity contribution in [3.05, 3.63) is 35.7 Å². The molecule has 0 fully saturated rings. The monoisotopic (exact) mass is 284 g/mol. The Labute approximate surface area is 121 Å². The predicted octanol–water partition coefficient (Wildman–Crippen LogP) is 2.17. The molecule has 0 aliphatic rings. The van der Waals surface area contributed by atoms with Crippen LogP contribution >= 0.6 is 0 Å². The number of hydrogen-bond acceptors (Lipinski definition) is 5. The predicted molar refractivity (Wildman–Crippen MR) is 78.1 cm³/mol. The number of nitrogens with zero attached hydrogens (tertiary/aromatic N) is 6. The van der Waals surface area contributed by atoms with Crippen LogP contribution in [-0.4, -0.2) is 29.8 Å².